The van der Waals surface area contributed by atoms with Crippen molar-refractivity contribution in [2.75, 3.05) is 0 Å². The summed E-state index contributed by atoms with van der Waals surface area (Å²) >= 11 is 5.11. The molecule has 1 saturated carbocycles. The van der Waals surface area contributed by atoms with Gasteiger partial charge in [0.15, 0.2) is 0 Å². The lowest BCUT2D eigenvalue weighted by Gasteiger charge is -2.25. The first-order valence-corrected chi connectivity index (χ1v) is 5.79. The van der Waals surface area contributed by atoms with Gasteiger partial charge in [0.2, 0.25) is 0 Å². The monoisotopic (exact) mass is 246 g/mol. The van der Waals surface area contributed by atoms with Crippen LogP contribution in [0.15, 0.2) is 9.98 Å². The van der Waals surface area contributed by atoms with E-state index in [0.717, 1.165) is 16.4 Å². The van der Waals surface area contributed by atoms with Crippen molar-refractivity contribution in [1.29, 1.82) is 0 Å². The summed E-state index contributed by atoms with van der Waals surface area (Å²) in [7, 11) is 0. The molecular formula is C8H11BrN2S. The molecule has 0 saturated heterocycles. The Balaban J connectivity index is 1.79. The second kappa shape index (κ2) is 3.85. The standard InChI is InChI=1S/C8H11BrN2S/c9-7-4-11-8(12-7)5-10-6-2-1-3-6/h4,6,10H,1-3,5H2. The van der Waals surface area contributed by atoms with Gasteiger partial charge in [-0.1, -0.05) is 6.42 Å². The first kappa shape index (κ1) is 8.66. The largest absolute Gasteiger partial charge is 0.308 e. The van der Waals surface area contributed by atoms with Gasteiger partial charge in [0.1, 0.15) is 5.01 Å². The third kappa shape index (κ3) is 2.06. The van der Waals surface area contributed by atoms with E-state index < -0.39 is 0 Å². The molecule has 0 amide bonds. The van der Waals surface area contributed by atoms with Crippen molar-refractivity contribution in [3.63, 3.8) is 0 Å². The molecule has 1 fully saturated rings. The molecule has 1 heterocycles. The first-order valence-electron chi connectivity index (χ1n) is 4.18. The molecule has 0 aromatic carbocycles. The van der Waals surface area contributed by atoms with Crippen LogP contribution in [0.5, 0.6) is 0 Å². The van der Waals surface area contributed by atoms with Crippen LogP contribution in [0.2, 0.25) is 0 Å². The summed E-state index contributed by atoms with van der Waals surface area (Å²) in [4.78, 5) is 4.26. The van der Waals surface area contributed by atoms with Gasteiger partial charge < -0.3 is 5.32 Å². The normalized spacial score (nSPS) is 17.8. The van der Waals surface area contributed by atoms with Crippen LogP contribution >= 0.6 is 27.3 Å². The van der Waals surface area contributed by atoms with Crippen LogP contribution < -0.4 is 5.32 Å². The van der Waals surface area contributed by atoms with Gasteiger partial charge in [0.25, 0.3) is 0 Å². The predicted molar refractivity (Wildman–Crippen MR) is 54.3 cm³/mol. The van der Waals surface area contributed by atoms with Crippen LogP contribution in [0.1, 0.15) is 24.3 Å². The third-order valence-corrected chi connectivity index (χ3v) is 3.65. The number of hydrogen-bond donors (Lipinski definition) is 1. The Morgan fingerprint density at radius 2 is 2.50 bits per heavy atom. The predicted octanol–water partition coefficient (Wildman–Crippen LogP) is 2.55. The summed E-state index contributed by atoms with van der Waals surface area (Å²) in [5.74, 6) is 0. The van der Waals surface area contributed by atoms with Crippen molar-refractivity contribution in [1.82, 2.24) is 10.3 Å². The van der Waals surface area contributed by atoms with Gasteiger partial charge >= 0.3 is 0 Å². The Labute approximate surface area is 84.5 Å². The van der Waals surface area contributed by atoms with Crippen molar-refractivity contribution in [3.05, 3.63) is 15.0 Å². The average molecular weight is 247 g/mol. The Morgan fingerprint density at radius 3 is 3.00 bits per heavy atom. The fraction of sp³-hybridized carbons (Fsp3) is 0.625. The van der Waals surface area contributed by atoms with Crippen molar-refractivity contribution in [2.45, 2.75) is 31.8 Å². The molecule has 1 aromatic heterocycles. The van der Waals surface area contributed by atoms with Crippen molar-refractivity contribution in [3.8, 4) is 0 Å². The quantitative estimate of drug-likeness (QED) is 0.887. The molecule has 1 aromatic rings. The van der Waals surface area contributed by atoms with Crippen molar-refractivity contribution >= 4 is 27.3 Å². The summed E-state index contributed by atoms with van der Waals surface area (Å²) in [5, 5.41) is 4.65. The van der Waals surface area contributed by atoms with Crippen LogP contribution in [0.3, 0.4) is 0 Å². The highest BCUT2D eigenvalue weighted by Gasteiger charge is 2.16. The lowest BCUT2D eigenvalue weighted by molar-refractivity contribution is 0.338. The van der Waals surface area contributed by atoms with Gasteiger partial charge in [0, 0.05) is 12.6 Å². The first-order chi connectivity index (χ1) is 5.84. The molecule has 0 aliphatic heterocycles. The zero-order valence-corrected chi connectivity index (χ0v) is 9.12. The molecular weight excluding hydrogens is 236 g/mol. The second-order valence-corrected chi connectivity index (χ2v) is 5.56. The minimum atomic E-state index is 0.757. The number of nitrogens with zero attached hydrogens (tertiary/aromatic N) is 1. The lowest BCUT2D eigenvalue weighted by atomic mass is 9.93. The van der Waals surface area contributed by atoms with E-state index in [1.807, 2.05) is 6.20 Å². The van der Waals surface area contributed by atoms with Crippen LogP contribution in [-0.2, 0) is 6.54 Å². The Kier molecular flexibility index (Phi) is 2.78. The number of aromatic nitrogens is 1. The Hall–Kier alpha value is 0.0700. The number of hydrogen-bond acceptors (Lipinski definition) is 3. The van der Waals surface area contributed by atoms with E-state index >= 15 is 0 Å². The van der Waals surface area contributed by atoms with Gasteiger partial charge in [-0.2, -0.15) is 0 Å². The van der Waals surface area contributed by atoms with Gasteiger partial charge in [-0.3, -0.25) is 0 Å². The maximum absolute atomic E-state index is 4.26. The fourth-order valence-corrected chi connectivity index (χ4v) is 2.47. The minimum absolute atomic E-state index is 0.757. The smallest absolute Gasteiger partial charge is 0.107 e. The molecule has 1 aliphatic rings. The van der Waals surface area contributed by atoms with Gasteiger partial charge in [0.05, 0.1) is 9.98 Å². The topological polar surface area (TPSA) is 24.9 Å². The fourth-order valence-electron chi connectivity index (χ4n) is 1.21. The van der Waals surface area contributed by atoms with Crippen molar-refractivity contribution < 1.29 is 0 Å². The maximum atomic E-state index is 4.26. The summed E-state index contributed by atoms with van der Waals surface area (Å²) in [6.07, 6.45) is 5.93. The molecule has 0 spiro atoms. The van der Waals surface area contributed by atoms with E-state index in [9.17, 15) is 0 Å². The second-order valence-electron chi connectivity index (χ2n) is 3.07. The molecule has 0 bridgehead atoms. The molecule has 0 atom stereocenters. The number of rotatable bonds is 3. The summed E-state index contributed by atoms with van der Waals surface area (Å²) in [5.41, 5.74) is 0. The summed E-state index contributed by atoms with van der Waals surface area (Å²) in [6, 6.07) is 0.757. The van der Waals surface area contributed by atoms with Gasteiger partial charge in [-0.25, -0.2) is 4.98 Å². The molecule has 12 heavy (non-hydrogen) atoms. The average Bonchev–Trinajstić information content (AvgIpc) is 2.32. The highest BCUT2D eigenvalue weighted by atomic mass is 79.9. The highest BCUT2D eigenvalue weighted by molar-refractivity contribution is 9.11. The van der Waals surface area contributed by atoms with E-state index in [-0.39, 0.29) is 0 Å². The van der Waals surface area contributed by atoms with Gasteiger partial charge in [-0.15, -0.1) is 11.3 Å². The summed E-state index contributed by atoms with van der Waals surface area (Å²) < 4.78 is 1.12. The molecule has 2 rings (SSSR count). The van der Waals surface area contributed by atoms with E-state index in [4.69, 9.17) is 0 Å². The molecule has 0 radical (unpaired) electrons. The van der Waals surface area contributed by atoms with Crippen LogP contribution in [-0.4, -0.2) is 11.0 Å². The molecule has 4 heteroatoms. The third-order valence-electron chi connectivity index (χ3n) is 2.17. The van der Waals surface area contributed by atoms with Crippen molar-refractivity contribution in [2.24, 2.45) is 0 Å². The minimum Gasteiger partial charge on any atom is -0.308 e. The molecule has 1 aliphatic carbocycles. The SMILES string of the molecule is Brc1cnc(CNC2CCC2)s1. The van der Waals surface area contributed by atoms with E-state index in [0.29, 0.717) is 0 Å². The van der Waals surface area contributed by atoms with Crippen LogP contribution in [0.4, 0.5) is 0 Å². The lowest BCUT2D eigenvalue weighted by Crippen LogP contribution is -2.34. The molecule has 66 valence electrons. The Bertz CT molecular complexity index is 257. The highest BCUT2D eigenvalue weighted by Crippen LogP contribution is 2.21. The zero-order chi connectivity index (χ0) is 8.39. The van der Waals surface area contributed by atoms with Crippen LogP contribution in [0.25, 0.3) is 0 Å². The zero-order valence-electron chi connectivity index (χ0n) is 6.72. The number of nitrogens with one attached hydrogen (secondary N) is 1. The van der Waals surface area contributed by atoms with Crippen LogP contribution in [0, 0.1) is 0 Å². The van der Waals surface area contributed by atoms with E-state index in [1.165, 1.54) is 24.3 Å². The number of thiazole rings is 1. The van der Waals surface area contributed by atoms with E-state index in [2.05, 4.69) is 26.2 Å². The Morgan fingerprint density at radius 1 is 1.67 bits per heavy atom. The van der Waals surface area contributed by atoms with E-state index in [1.54, 1.807) is 11.3 Å². The number of halogens is 1. The molecule has 1 N–H and O–H groups in total. The molecule has 2 nitrogen and oxygen atoms in total. The maximum Gasteiger partial charge on any atom is 0.107 e. The summed E-state index contributed by atoms with van der Waals surface area (Å²) in [6.45, 7) is 0.931. The van der Waals surface area contributed by atoms with Gasteiger partial charge in [-0.05, 0) is 28.8 Å². The molecule has 0 unspecified atom stereocenters.